The van der Waals surface area contributed by atoms with Crippen LogP contribution in [0.2, 0.25) is 0 Å². The van der Waals surface area contributed by atoms with Gasteiger partial charge in [0.2, 0.25) is 0 Å². The van der Waals surface area contributed by atoms with Gasteiger partial charge in [-0.1, -0.05) is 13.3 Å². The number of carbonyl (C=O) groups excluding carboxylic acids is 1. The Morgan fingerprint density at radius 2 is 2.00 bits per heavy atom. The van der Waals surface area contributed by atoms with Crippen molar-refractivity contribution in [3.05, 3.63) is 63.9 Å². The first-order chi connectivity index (χ1) is 15.1. The molecular formula is C23H22BrF3N4O. The number of aromatic nitrogens is 2. The van der Waals surface area contributed by atoms with Crippen LogP contribution in [0.5, 0.6) is 0 Å². The molecule has 32 heavy (non-hydrogen) atoms. The van der Waals surface area contributed by atoms with Crippen molar-refractivity contribution in [3.8, 4) is 0 Å². The third-order valence-corrected chi connectivity index (χ3v) is 6.64. The number of hydrogen-bond donors (Lipinski definition) is 1. The highest BCUT2D eigenvalue weighted by Gasteiger charge is 2.34. The maximum Gasteiger partial charge on any atom is 0.417 e. The smallest absolute Gasteiger partial charge is 0.383 e. The van der Waals surface area contributed by atoms with Gasteiger partial charge >= 0.3 is 6.18 Å². The maximum atomic E-state index is 13.6. The second kappa shape index (κ2) is 8.69. The molecular weight excluding hydrogens is 485 g/mol. The van der Waals surface area contributed by atoms with E-state index in [0.29, 0.717) is 33.0 Å². The lowest BCUT2D eigenvalue weighted by Gasteiger charge is -2.32. The van der Waals surface area contributed by atoms with Gasteiger partial charge < -0.3 is 10.6 Å². The standard InChI is InChI=1S/C23H22BrF3N4O/c1-13-3-2-4-20(13)31(12-17-7-6-16(11-29-17)23(25,26)27)22(32)14-5-8-19-15(9-14)10-18(24)21(28)30-19/h5-11,13,20H,2-4,12H2,1H3,(H2,28,30)/t13-,20+/m0/s1. The highest BCUT2D eigenvalue weighted by molar-refractivity contribution is 9.10. The van der Waals surface area contributed by atoms with Gasteiger partial charge in [-0.05, 0) is 71.1 Å². The lowest BCUT2D eigenvalue weighted by molar-refractivity contribution is -0.137. The maximum absolute atomic E-state index is 13.6. The van der Waals surface area contributed by atoms with Crippen LogP contribution in [-0.4, -0.2) is 26.8 Å². The van der Waals surface area contributed by atoms with Gasteiger partial charge in [-0.25, -0.2) is 4.98 Å². The SMILES string of the molecule is C[C@H]1CCC[C@H]1N(Cc1ccc(C(F)(F)F)cn1)C(=O)c1ccc2nc(N)c(Br)cc2c1. The van der Waals surface area contributed by atoms with E-state index in [2.05, 4.69) is 32.8 Å². The largest absolute Gasteiger partial charge is 0.417 e. The van der Waals surface area contributed by atoms with E-state index in [9.17, 15) is 18.0 Å². The number of amides is 1. The van der Waals surface area contributed by atoms with Crippen LogP contribution in [0.25, 0.3) is 10.9 Å². The zero-order valence-corrected chi connectivity index (χ0v) is 18.9. The number of nitrogens with zero attached hydrogens (tertiary/aromatic N) is 3. The predicted octanol–water partition coefficient (Wildman–Crippen LogP) is 5.82. The molecule has 0 spiro atoms. The van der Waals surface area contributed by atoms with Crippen molar-refractivity contribution in [2.45, 2.75) is 44.9 Å². The molecule has 0 bridgehead atoms. The van der Waals surface area contributed by atoms with Gasteiger partial charge in [0.15, 0.2) is 0 Å². The molecule has 2 N–H and O–H groups in total. The van der Waals surface area contributed by atoms with Crippen LogP contribution >= 0.6 is 15.9 Å². The highest BCUT2D eigenvalue weighted by atomic mass is 79.9. The van der Waals surface area contributed by atoms with Crippen molar-refractivity contribution >= 4 is 38.6 Å². The zero-order valence-electron chi connectivity index (χ0n) is 17.4. The fourth-order valence-corrected chi connectivity index (χ4v) is 4.59. The van der Waals surface area contributed by atoms with Crippen LogP contribution in [0.1, 0.15) is 47.8 Å². The fraction of sp³-hybridized carbons (Fsp3) is 0.348. The number of anilines is 1. The van der Waals surface area contributed by atoms with E-state index < -0.39 is 11.7 Å². The minimum absolute atomic E-state index is 0.00133. The lowest BCUT2D eigenvalue weighted by Crippen LogP contribution is -2.41. The first-order valence-electron chi connectivity index (χ1n) is 10.3. The Bertz CT molecular complexity index is 1150. The summed E-state index contributed by atoms with van der Waals surface area (Å²) in [5.74, 6) is 0.483. The van der Waals surface area contributed by atoms with Crippen molar-refractivity contribution in [3.63, 3.8) is 0 Å². The number of fused-ring (bicyclic) bond motifs is 1. The molecule has 1 aliphatic rings. The van der Waals surface area contributed by atoms with Crippen molar-refractivity contribution < 1.29 is 18.0 Å². The summed E-state index contributed by atoms with van der Waals surface area (Å²) in [6, 6.07) is 9.38. The third-order valence-electron chi connectivity index (χ3n) is 6.00. The van der Waals surface area contributed by atoms with Gasteiger partial charge in [-0.2, -0.15) is 13.2 Å². The van der Waals surface area contributed by atoms with Crippen LogP contribution in [0.4, 0.5) is 19.0 Å². The van der Waals surface area contributed by atoms with Crippen LogP contribution in [0.15, 0.2) is 47.1 Å². The fourth-order valence-electron chi connectivity index (χ4n) is 4.25. The molecule has 0 radical (unpaired) electrons. The summed E-state index contributed by atoms with van der Waals surface area (Å²) in [6.07, 6.45) is -0.769. The Labute approximate surface area is 192 Å². The Balaban J connectivity index is 1.66. The first kappa shape index (κ1) is 22.5. The molecule has 2 atom stereocenters. The van der Waals surface area contributed by atoms with E-state index in [4.69, 9.17) is 5.73 Å². The molecule has 1 saturated carbocycles. The van der Waals surface area contributed by atoms with E-state index in [1.165, 1.54) is 6.07 Å². The summed E-state index contributed by atoms with van der Waals surface area (Å²) in [5.41, 5.74) is 6.62. The molecule has 2 heterocycles. The third kappa shape index (κ3) is 4.57. The molecule has 168 valence electrons. The molecule has 0 unspecified atom stereocenters. The van der Waals surface area contributed by atoms with Gasteiger partial charge in [0.1, 0.15) is 5.82 Å². The second-order valence-corrected chi connectivity index (χ2v) is 9.06. The van der Waals surface area contributed by atoms with Crippen LogP contribution < -0.4 is 5.73 Å². The number of hydrogen-bond acceptors (Lipinski definition) is 4. The van der Waals surface area contributed by atoms with Crippen molar-refractivity contribution in [1.82, 2.24) is 14.9 Å². The minimum Gasteiger partial charge on any atom is -0.383 e. The molecule has 0 saturated heterocycles. The number of benzene rings is 1. The van der Waals surface area contributed by atoms with Crippen molar-refractivity contribution in [2.75, 3.05) is 5.73 Å². The molecule has 1 fully saturated rings. The van der Waals surface area contributed by atoms with Gasteiger partial charge in [-0.15, -0.1) is 0 Å². The molecule has 9 heteroatoms. The van der Waals surface area contributed by atoms with E-state index >= 15 is 0 Å². The lowest BCUT2D eigenvalue weighted by atomic mass is 10.0. The summed E-state index contributed by atoms with van der Waals surface area (Å²) >= 11 is 3.36. The number of pyridine rings is 2. The number of nitrogen functional groups attached to an aromatic ring is 1. The van der Waals surface area contributed by atoms with E-state index in [1.54, 1.807) is 23.1 Å². The highest BCUT2D eigenvalue weighted by Crippen LogP contribution is 2.33. The quantitative estimate of drug-likeness (QED) is 0.483. The topological polar surface area (TPSA) is 72.1 Å². The van der Waals surface area contributed by atoms with Crippen LogP contribution in [0, 0.1) is 5.92 Å². The van der Waals surface area contributed by atoms with Crippen molar-refractivity contribution in [1.29, 1.82) is 0 Å². The summed E-state index contributed by atoms with van der Waals surface area (Å²) in [5, 5.41) is 0.768. The van der Waals surface area contributed by atoms with Crippen LogP contribution in [-0.2, 0) is 12.7 Å². The summed E-state index contributed by atoms with van der Waals surface area (Å²) in [7, 11) is 0. The van der Waals surface area contributed by atoms with E-state index in [0.717, 1.165) is 36.9 Å². The molecule has 5 nitrogen and oxygen atoms in total. The average Bonchev–Trinajstić information content (AvgIpc) is 3.17. The number of nitrogens with two attached hydrogens (primary N) is 1. The number of rotatable bonds is 4. The molecule has 1 amide bonds. The normalized spacial score (nSPS) is 18.8. The summed E-state index contributed by atoms with van der Waals surface area (Å²) in [6.45, 7) is 2.25. The molecule has 0 aliphatic heterocycles. The molecule has 2 aromatic heterocycles. The monoisotopic (exact) mass is 506 g/mol. The van der Waals surface area contributed by atoms with Gasteiger partial charge in [0.25, 0.3) is 5.91 Å². The van der Waals surface area contributed by atoms with E-state index in [-0.39, 0.29) is 18.5 Å². The van der Waals surface area contributed by atoms with Gasteiger partial charge in [0.05, 0.1) is 27.8 Å². The Kier molecular flexibility index (Phi) is 6.11. The number of alkyl halides is 3. The zero-order chi connectivity index (χ0) is 23.0. The molecule has 1 aromatic carbocycles. The number of halogens is 4. The average molecular weight is 507 g/mol. The molecule has 1 aliphatic carbocycles. The Morgan fingerprint density at radius 1 is 1.22 bits per heavy atom. The predicted molar refractivity (Wildman–Crippen MR) is 120 cm³/mol. The van der Waals surface area contributed by atoms with E-state index in [1.807, 2.05) is 6.07 Å². The molecule has 4 rings (SSSR count). The number of carbonyl (C=O) groups is 1. The second-order valence-electron chi connectivity index (χ2n) is 8.21. The first-order valence-corrected chi connectivity index (χ1v) is 11.1. The summed E-state index contributed by atoms with van der Waals surface area (Å²) in [4.78, 5) is 23.6. The van der Waals surface area contributed by atoms with Crippen LogP contribution in [0.3, 0.4) is 0 Å². The van der Waals surface area contributed by atoms with Crippen molar-refractivity contribution in [2.24, 2.45) is 5.92 Å². The minimum atomic E-state index is -4.45. The summed E-state index contributed by atoms with van der Waals surface area (Å²) < 4.78 is 39.3. The van der Waals surface area contributed by atoms with Gasteiger partial charge in [-0.3, -0.25) is 9.78 Å². The Morgan fingerprint density at radius 3 is 2.62 bits per heavy atom. The van der Waals surface area contributed by atoms with Gasteiger partial charge in [0, 0.05) is 23.2 Å². The molecule has 3 aromatic rings. The Hall–Kier alpha value is -2.68.